The van der Waals surface area contributed by atoms with Crippen molar-refractivity contribution in [1.82, 2.24) is 5.32 Å². The molecule has 0 aromatic heterocycles. The molecule has 2 rings (SSSR count). The lowest BCUT2D eigenvalue weighted by atomic mass is 10.0. The lowest BCUT2D eigenvalue weighted by molar-refractivity contribution is -0.120. The van der Waals surface area contributed by atoms with Crippen molar-refractivity contribution < 1.29 is 4.79 Å². The fourth-order valence-corrected chi connectivity index (χ4v) is 2.43. The third-order valence-corrected chi connectivity index (χ3v) is 3.68. The number of amides is 1. The largest absolute Gasteiger partial charge is 0.399 e. The van der Waals surface area contributed by atoms with E-state index in [1.807, 2.05) is 19.1 Å². The fourth-order valence-electron chi connectivity index (χ4n) is 2.43. The third kappa shape index (κ3) is 3.40. The Morgan fingerprint density at radius 2 is 2.32 bits per heavy atom. The van der Waals surface area contributed by atoms with E-state index in [0.29, 0.717) is 6.54 Å². The molecule has 0 fully saturated rings. The van der Waals surface area contributed by atoms with E-state index in [1.54, 1.807) is 0 Å². The molecular formula is C15H23N3O. The number of benzene rings is 1. The zero-order valence-electron chi connectivity index (χ0n) is 11.8. The van der Waals surface area contributed by atoms with Crippen LogP contribution >= 0.6 is 0 Å². The second kappa shape index (κ2) is 5.95. The maximum Gasteiger partial charge on any atom is 0.239 e. The fraction of sp³-hybridized carbons (Fsp3) is 0.533. The Balaban J connectivity index is 2.07. The van der Waals surface area contributed by atoms with E-state index in [9.17, 15) is 4.79 Å². The number of hydrogen-bond acceptors (Lipinski definition) is 3. The Kier molecular flexibility index (Phi) is 4.30. The van der Waals surface area contributed by atoms with E-state index < -0.39 is 0 Å². The molecule has 0 saturated heterocycles. The number of nitrogen functional groups attached to an aromatic ring is 1. The first-order valence-electron chi connectivity index (χ1n) is 7.03. The Hall–Kier alpha value is -1.71. The van der Waals surface area contributed by atoms with E-state index in [2.05, 4.69) is 23.2 Å². The van der Waals surface area contributed by atoms with Crippen molar-refractivity contribution in [3.05, 3.63) is 23.8 Å². The summed E-state index contributed by atoms with van der Waals surface area (Å²) in [5, 5.41) is 3.01. The first-order valence-corrected chi connectivity index (χ1v) is 7.03. The minimum atomic E-state index is 0.0876. The van der Waals surface area contributed by atoms with Gasteiger partial charge in [0.25, 0.3) is 0 Å². The average molecular weight is 261 g/mol. The summed E-state index contributed by atoms with van der Waals surface area (Å²) in [6.45, 7) is 5.44. The summed E-state index contributed by atoms with van der Waals surface area (Å²) in [6, 6.07) is 6.22. The van der Waals surface area contributed by atoms with Crippen molar-refractivity contribution in [2.75, 3.05) is 23.7 Å². The quantitative estimate of drug-likeness (QED) is 0.814. The minimum Gasteiger partial charge on any atom is -0.399 e. The number of rotatable bonds is 4. The van der Waals surface area contributed by atoms with Crippen LogP contribution in [-0.2, 0) is 11.2 Å². The van der Waals surface area contributed by atoms with Gasteiger partial charge in [-0.05, 0) is 43.9 Å². The van der Waals surface area contributed by atoms with E-state index in [4.69, 9.17) is 5.73 Å². The molecular weight excluding hydrogens is 238 g/mol. The van der Waals surface area contributed by atoms with Crippen LogP contribution in [0.25, 0.3) is 0 Å². The molecule has 1 amide bonds. The minimum absolute atomic E-state index is 0.0876. The topological polar surface area (TPSA) is 58.4 Å². The lowest BCUT2D eigenvalue weighted by Crippen LogP contribution is -2.42. The Labute approximate surface area is 115 Å². The van der Waals surface area contributed by atoms with Crippen LogP contribution in [0.15, 0.2) is 18.2 Å². The van der Waals surface area contributed by atoms with Gasteiger partial charge in [-0.3, -0.25) is 4.79 Å². The van der Waals surface area contributed by atoms with Crippen molar-refractivity contribution in [3.63, 3.8) is 0 Å². The molecule has 1 aliphatic rings. The SMILES string of the molecule is CCC(C)NC(=O)CN1CCCc2ccc(N)cc21. The van der Waals surface area contributed by atoms with Gasteiger partial charge in [0.2, 0.25) is 5.91 Å². The number of nitrogens with two attached hydrogens (primary N) is 1. The third-order valence-electron chi connectivity index (χ3n) is 3.68. The van der Waals surface area contributed by atoms with Crippen LogP contribution in [0.3, 0.4) is 0 Å². The second-order valence-corrected chi connectivity index (χ2v) is 5.29. The highest BCUT2D eigenvalue weighted by atomic mass is 16.2. The van der Waals surface area contributed by atoms with Gasteiger partial charge in [0.15, 0.2) is 0 Å². The van der Waals surface area contributed by atoms with Crippen LogP contribution in [0.5, 0.6) is 0 Å². The van der Waals surface area contributed by atoms with Crippen LogP contribution in [0.1, 0.15) is 32.3 Å². The highest BCUT2D eigenvalue weighted by Gasteiger charge is 2.19. The van der Waals surface area contributed by atoms with Gasteiger partial charge in [0, 0.05) is 24.0 Å². The normalized spacial score (nSPS) is 15.8. The van der Waals surface area contributed by atoms with Crippen molar-refractivity contribution in [1.29, 1.82) is 0 Å². The standard InChI is InChI=1S/C15H23N3O/c1-3-11(2)17-15(19)10-18-8-4-5-12-6-7-13(16)9-14(12)18/h6-7,9,11H,3-5,8,10,16H2,1-2H3,(H,17,19). The van der Waals surface area contributed by atoms with Crippen LogP contribution in [0, 0.1) is 0 Å². The molecule has 1 heterocycles. The molecule has 0 radical (unpaired) electrons. The number of nitrogens with zero attached hydrogens (tertiary/aromatic N) is 1. The molecule has 0 spiro atoms. The van der Waals surface area contributed by atoms with E-state index in [0.717, 1.165) is 37.2 Å². The maximum absolute atomic E-state index is 12.0. The maximum atomic E-state index is 12.0. The van der Waals surface area contributed by atoms with Gasteiger partial charge in [0.1, 0.15) is 0 Å². The summed E-state index contributed by atoms with van der Waals surface area (Å²) in [7, 11) is 0. The molecule has 4 heteroatoms. The highest BCUT2D eigenvalue weighted by molar-refractivity contribution is 5.82. The number of aryl methyl sites for hydroxylation is 1. The van der Waals surface area contributed by atoms with Crippen molar-refractivity contribution in [2.45, 2.75) is 39.2 Å². The molecule has 3 N–H and O–H groups in total. The molecule has 1 aromatic carbocycles. The zero-order chi connectivity index (χ0) is 13.8. The van der Waals surface area contributed by atoms with Crippen molar-refractivity contribution >= 4 is 17.3 Å². The van der Waals surface area contributed by atoms with Gasteiger partial charge in [-0.15, -0.1) is 0 Å². The summed E-state index contributed by atoms with van der Waals surface area (Å²) in [5.74, 6) is 0.0876. The van der Waals surface area contributed by atoms with Crippen LogP contribution < -0.4 is 16.0 Å². The number of nitrogens with one attached hydrogen (secondary N) is 1. The molecule has 0 bridgehead atoms. The molecule has 1 aliphatic heterocycles. The molecule has 4 nitrogen and oxygen atoms in total. The monoisotopic (exact) mass is 261 g/mol. The summed E-state index contributed by atoms with van der Waals surface area (Å²) < 4.78 is 0. The molecule has 1 aromatic rings. The number of anilines is 2. The molecule has 1 atom stereocenters. The molecule has 0 saturated carbocycles. The molecule has 0 aliphatic carbocycles. The number of carbonyl (C=O) groups is 1. The van der Waals surface area contributed by atoms with Crippen LogP contribution in [-0.4, -0.2) is 25.0 Å². The summed E-state index contributed by atoms with van der Waals surface area (Å²) >= 11 is 0. The van der Waals surface area contributed by atoms with Gasteiger partial charge in [-0.2, -0.15) is 0 Å². The summed E-state index contributed by atoms with van der Waals surface area (Å²) in [5.41, 5.74) is 9.01. The molecule has 104 valence electrons. The van der Waals surface area contributed by atoms with Crippen LogP contribution in [0.4, 0.5) is 11.4 Å². The van der Waals surface area contributed by atoms with Gasteiger partial charge in [-0.1, -0.05) is 13.0 Å². The summed E-state index contributed by atoms with van der Waals surface area (Å²) in [4.78, 5) is 14.1. The Morgan fingerprint density at radius 3 is 3.05 bits per heavy atom. The number of carbonyl (C=O) groups excluding carboxylic acids is 1. The predicted octanol–water partition coefficient (Wildman–Crippen LogP) is 1.94. The van der Waals surface area contributed by atoms with Gasteiger partial charge >= 0.3 is 0 Å². The van der Waals surface area contributed by atoms with Gasteiger partial charge in [-0.25, -0.2) is 0 Å². The summed E-state index contributed by atoms with van der Waals surface area (Å²) in [6.07, 6.45) is 3.11. The number of fused-ring (bicyclic) bond motifs is 1. The van der Waals surface area contributed by atoms with Crippen LogP contribution in [0.2, 0.25) is 0 Å². The van der Waals surface area contributed by atoms with E-state index in [1.165, 1.54) is 5.56 Å². The zero-order valence-corrected chi connectivity index (χ0v) is 11.8. The van der Waals surface area contributed by atoms with Crippen molar-refractivity contribution in [3.8, 4) is 0 Å². The predicted molar refractivity (Wildman–Crippen MR) is 79.3 cm³/mol. The number of hydrogen-bond donors (Lipinski definition) is 2. The van der Waals surface area contributed by atoms with Crippen molar-refractivity contribution in [2.24, 2.45) is 0 Å². The van der Waals surface area contributed by atoms with Gasteiger partial charge < -0.3 is 16.0 Å². The van der Waals surface area contributed by atoms with E-state index >= 15 is 0 Å². The highest BCUT2D eigenvalue weighted by Crippen LogP contribution is 2.28. The van der Waals surface area contributed by atoms with E-state index in [-0.39, 0.29) is 11.9 Å². The Bertz CT molecular complexity index is 459. The smallest absolute Gasteiger partial charge is 0.239 e. The Morgan fingerprint density at radius 1 is 1.53 bits per heavy atom. The lowest BCUT2D eigenvalue weighted by Gasteiger charge is -2.31. The second-order valence-electron chi connectivity index (χ2n) is 5.29. The molecule has 19 heavy (non-hydrogen) atoms. The molecule has 1 unspecified atom stereocenters. The first-order chi connectivity index (χ1) is 9.10. The first kappa shape index (κ1) is 13.7. The van der Waals surface area contributed by atoms with Gasteiger partial charge in [0.05, 0.1) is 6.54 Å². The average Bonchev–Trinajstić information content (AvgIpc) is 2.39.